The van der Waals surface area contributed by atoms with Crippen LogP contribution in [0.15, 0.2) is 40.8 Å². The summed E-state index contributed by atoms with van der Waals surface area (Å²) in [5, 5.41) is 9.97. The molecule has 0 aliphatic carbocycles. The summed E-state index contributed by atoms with van der Waals surface area (Å²) in [5.74, 6) is 0.893. The van der Waals surface area contributed by atoms with Crippen molar-refractivity contribution in [2.24, 2.45) is 0 Å². The van der Waals surface area contributed by atoms with Gasteiger partial charge in [0.2, 0.25) is 0 Å². The highest BCUT2D eigenvalue weighted by molar-refractivity contribution is 6.05. The lowest BCUT2D eigenvalue weighted by atomic mass is 9.98. The van der Waals surface area contributed by atoms with E-state index in [4.69, 9.17) is 4.42 Å². The van der Waals surface area contributed by atoms with E-state index in [0.29, 0.717) is 24.5 Å². The van der Waals surface area contributed by atoms with E-state index in [9.17, 15) is 9.90 Å². The number of amides is 1. The zero-order valence-electron chi connectivity index (χ0n) is 10.7. The monoisotopic (exact) mass is 257 g/mol. The molecular weight excluding hydrogens is 242 g/mol. The van der Waals surface area contributed by atoms with Crippen LogP contribution in [0.3, 0.4) is 0 Å². The molecule has 1 aliphatic heterocycles. The van der Waals surface area contributed by atoms with Crippen molar-refractivity contribution in [2.45, 2.75) is 19.4 Å². The minimum absolute atomic E-state index is 0.160. The standard InChI is InChI=1S/C15H15NO3/c1-10-6-7-14(19-10)15(18)16-9-8-13(17)11-4-2-3-5-12(11)16/h2-7,13,17H,8-9H2,1H3. The SMILES string of the molecule is Cc1ccc(C(=O)N2CCC(O)c3ccccc32)o1. The summed E-state index contributed by atoms with van der Waals surface area (Å²) in [4.78, 5) is 14.1. The number of aryl methyl sites for hydroxylation is 1. The first-order chi connectivity index (χ1) is 9.16. The summed E-state index contributed by atoms with van der Waals surface area (Å²) >= 11 is 0. The number of aliphatic hydroxyl groups is 1. The molecule has 98 valence electrons. The van der Waals surface area contributed by atoms with E-state index >= 15 is 0 Å². The number of benzene rings is 1. The minimum Gasteiger partial charge on any atom is -0.456 e. The highest BCUT2D eigenvalue weighted by atomic mass is 16.3. The molecule has 1 aliphatic rings. The highest BCUT2D eigenvalue weighted by Gasteiger charge is 2.29. The van der Waals surface area contributed by atoms with Crippen molar-refractivity contribution in [3.05, 3.63) is 53.5 Å². The van der Waals surface area contributed by atoms with Crippen LogP contribution in [0, 0.1) is 6.92 Å². The summed E-state index contributed by atoms with van der Waals surface area (Å²) in [6.07, 6.45) is 0.0428. The van der Waals surface area contributed by atoms with Crippen molar-refractivity contribution >= 4 is 11.6 Å². The number of para-hydroxylation sites is 1. The number of rotatable bonds is 1. The summed E-state index contributed by atoms with van der Waals surface area (Å²) < 4.78 is 5.39. The van der Waals surface area contributed by atoms with Gasteiger partial charge in [0.1, 0.15) is 5.76 Å². The van der Waals surface area contributed by atoms with Gasteiger partial charge in [0.05, 0.1) is 6.10 Å². The third-order valence-electron chi connectivity index (χ3n) is 3.41. The Labute approximate surface area is 111 Å². The molecule has 0 saturated carbocycles. The van der Waals surface area contributed by atoms with Crippen molar-refractivity contribution in [3.63, 3.8) is 0 Å². The zero-order valence-corrected chi connectivity index (χ0v) is 10.7. The smallest absolute Gasteiger partial charge is 0.293 e. The Morgan fingerprint density at radius 2 is 2.11 bits per heavy atom. The van der Waals surface area contributed by atoms with Crippen LogP contribution in [0.4, 0.5) is 5.69 Å². The molecule has 1 atom stereocenters. The Bertz CT molecular complexity index is 617. The Morgan fingerprint density at radius 3 is 2.84 bits per heavy atom. The molecule has 2 heterocycles. The average molecular weight is 257 g/mol. The van der Waals surface area contributed by atoms with Crippen molar-refractivity contribution in [3.8, 4) is 0 Å². The predicted molar refractivity (Wildman–Crippen MR) is 71.1 cm³/mol. The Hall–Kier alpha value is -2.07. The molecule has 4 nitrogen and oxygen atoms in total. The van der Waals surface area contributed by atoms with Crippen LogP contribution in [0.1, 0.15) is 34.4 Å². The van der Waals surface area contributed by atoms with Gasteiger partial charge in [0, 0.05) is 17.8 Å². The van der Waals surface area contributed by atoms with Crippen LogP contribution in [-0.2, 0) is 0 Å². The minimum atomic E-state index is -0.501. The molecule has 0 saturated heterocycles. The maximum Gasteiger partial charge on any atom is 0.293 e. The number of aliphatic hydroxyl groups excluding tert-OH is 1. The molecule has 0 radical (unpaired) electrons. The van der Waals surface area contributed by atoms with E-state index in [1.807, 2.05) is 31.2 Å². The van der Waals surface area contributed by atoms with E-state index in [0.717, 1.165) is 11.3 Å². The third-order valence-corrected chi connectivity index (χ3v) is 3.41. The fourth-order valence-electron chi connectivity index (χ4n) is 2.44. The lowest BCUT2D eigenvalue weighted by molar-refractivity contribution is 0.0943. The van der Waals surface area contributed by atoms with Crippen molar-refractivity contribution in [1.82, 2.24) is 0 Å². The number of hydrogen-bond donors (Lipinski definition) is 1. The first-order valence-corrected chi connectivity index (χ1v) is 6.32. The summed E-state index contributed by atoms with van der Waals surface area (Å²) in [5.41, 5.74) is 1.56. The van der Waals surface area contributed by atoms with Crippen molar-refractivity contribution < 1.29 is 14.3 Å². The van der Waals surface area contributed by atoms with E-state index in [1.54, 1.807) is 17.0 Å². The first kappa shape index (κ1) is 12.0. The third kappa shape index (κ3) is 2.04. The van der Waals surface area contributed by atoms with Crippen LogP contribution in [0.2, 0.25) is 0 Å². The second-order valence-corrected chi connectivity index (χ2v) is 4.73. The highest BCUT2D eigenvalue weighted by Crippen LogP contribution is 2.34. The second kappa shape index (κ2) is 4.55. The van der Waals surface area contributed by atoms with Gasteiger partial charge in [0.15, 0.2) is 5.76 Å². The van der Waals surface area contributed by atoms with Gasteiger partial charge in [-0.2, -0.15) is 0 Å². The van der Waals surface area contributed by atoms with Gasteiger partial charge in [-0.05, 0) is 31.5 Å². The van der Waals surface area contributed by atoms with Gasteiger partial charge >= 0.3 is 0 Å². The molecule has 1 aromatic heterocycles. The topological polar surface area (TPSA) is 53.7 Å². The van der Waals surface area contributed by atoms with Gasteiger partial charge in [0.25, 0.3) is 5.91 Å². The molecule has 2 aromatic rings. The molecule has 3 rings (SSSR count). The number of anilines is 1. The first-order valence-electron chi connectivity index (χ1n) is 6.32. The number of furan rings is 1. The molecule has 0 bridgehead atoms. The van der Waals surface area contributed by atoms with E-state index in [1.165, 1.54) is 0 Å². The Morgan fingerprint density at radius 1 is 1.32 bits per heavy atom. The van der Waals surface area contributed by atoms with Gasteiger partial charge < -0.3 is 14.4 Å². The van der Waals surface area contributed by atoms with Crippen LogP contribution >= 0.6 is 0 Å². The number of fused-ring (bicyclic) bond motifs is 1. The summed E-state index contributed by atoms with van der Waals surface area (Å²) in [6, 6.07) is 10.9. The van der Waals surface area contributed by atoms with Crippen molar-refractivity contribution in [2.75, 3.05) is 11.4 Å². The van der Waals surface area contributed by atoms with Crippen LogP contribution < -0.4 is 4.90 Å². The number of carbonyl (C=O) groups is 1. The van der Waals surface area contributed by atoms with E-state index in [2.05, 4.69) is 0 Å². The lowest BCUT2D eigenvalue weighted by Crippen LogP contribution is -2.36. The molecule has 1 amide bonds. The largest absolute Gasteiger partial charge is 0.456 e. The maximum absolute atomic E-state index is 12.4. The molecule has 1 unspecified atom stereocenters. The van der Waals surface area contributed by atoms with Crippen LogP contribution in [0.25, 0.3) is 0 Å². The van der Waals surface area contributed by atoms with Gasteiger partial charge in [-0.25, -0.2) is 0 Å². The quantitative estimate of drug-likeness (QED) is 0.854. The number of hydrogen-bond acceptors (Lipinski definition) is 3. The molecule has 0 spiro atoms. The number of nitrogens with zero attached hydrogens (tertiary/aromatic N) is 1. The molecule has 1 N–H and O–H groups in total. The summed E-state index contributed by atoms with van der Waals surface area (Å²) in [6.45, 7) is 2.31. The van der Waals surface area contributed by atoms with Gasteiger partial charge in [-0.1, -0.05) is 18.2 Å². The Balaban J connectivity index is 1.98. The fourth-order valence-corrected chi connectivity index (χ4v) is 2.44. The molecule has 19 heavy (non-hydrogen) atoms. The van der Waals surface area contributed by atoms with Crippen LogP contribution in [0.5, 0.6) is 0 Å². The predicted octanol–water partition coefficient (Wildman–Crippen LogP) is 2.67. The van der Waals surface area contributed by atoms with E-state index < -0.39 is 6.10 Å². The normalized spacial score (nSPS) is 18.2. The molecule has 4 heteroatoms. The molecular formula is C15H15NO3. The Kier molecular flexibility index (Phi) is 2.87. The maximum atomic E-state index is 12.4. The zero-order chi connectivity index (χ0) is 13.4. The van der Waals surface area contributed by atoms with Crippen molar-refractivity contribution in [1.29, 1.82) is 0 Å². The second-order valence-electron chi connectivity index (χ2n) is 4.73. The fraction of sp³-hybridized carbons (Fsp3) is 0.267. The number of carbonyl (C=O) groups excluding carboxylic acids is 1. The lowest BCUT2D eigenvalue weighted by Gasteiger charge is -2.31. The molecule has 0 fully saturated rings. The molecule has 1 aromatic carbocycles. The summed E-state index contributed by atoms with van der Waals surface area (Å²) in [7, 11) is 0. The van der Waals surface area contributed by atoms with Gasteiger partial charge in [-0.15, -0.1) is 0 Å². The van der Waals surface area contributed by atoms with Crippen LogP contribution in [-0.4, -0.2) is 17.6 Å². The van der Waals surface area contributed by atoms with E-state index in [-0.39, 0.29) is 5.91 Å². The van der Waals surface area contributed by atoms with Gasteiger partial charge in [-0.3, -0.25) is 4.79 Å². The average Bonchev–Trinajstić information content (AvgIpc) is 2.86.